The first-order valence-electron chi connectivity index (χ1n) is 4.53. The fourth-order valence-electron chi connectivity index (χ4n) is 1.01. The summed E-state index contributed by atoms with van der Waals surface area (Å²) in [5.74, 6) is -0.898. The van der Waals surface area contributed by atoms with Crippen LogP contribution in [-0.4, -0.2) is 5.75 Å². The van der Waals surface area contributed by atoms with Gasteiger partial charge in [-0.2, -0.15) is 0 Å². The van der Waals surface area contributed by atoms with Crippen molar-refractivity contribution < 1.29 is 8.78 Å². The molecule has 1 rings (SSSR count). The largest absolute Gasteiger partial charge is 0.398 e. The van der Waals surface area contributed by atoms with Gasteiger partial charge in [0.1, 0.15) is 0 Å². The van der Waals surface area contributed by atoms with E-state index >= 15 is 0 Å². The molecule has 0 radical (unpaired) electrons. The first-order chi connectivity index (χ1) is 6.66. The smallest absolute Gasteiger partial charge is 0.174 e. The third kappa shape index (κ3) is 2.61. The minimum atomic E-state index is -0.835. The van der Waals surface area contributed by atoms with Crippen LogP contribution in [0.5, 0.6) is 0 Å². The molecule has 0 fully saturated rings. The van der Waals surface area contributed by atoms with E-state index < -0.39 is 11.6 Å². The normalized spacial score (nSPS) is 10.5. The van der Waals surface area contributed by atoms with Crippen LogP contribution in [0, 0.1) is 11.6 Å². The lowest BCUT2D eigenvalue weighted by Crippen LogP contribution is -1.96. The zero-order chi connectivity index (χ0) is 10.6. The summed E-state index contributed by atoms with van der Waals surface area (Å²) in [4.78, 5) is 0.235. The Morgan fingerprint density at radius 2 is 2.07 bits per heavy atom. The van der Waals surface area contributed by atoms with E-state index in [9.17, 15) is 8.78 Å². The highest BCUT2D eigenvalue weighted by molar-refractivity contribution is 7.99. The van der Waals surface area contributed by atoms with Gasteiger partial charge in [-0.15, -0.1) is 11.8 Å². The van der Waals surface area contributed by atoms with Crippen LogP contribution in [0.2, 0.25) is 0 Å². The Labute approximate surface area is 86.7 Å². The lowest BCUT2D eigenvalue weighted by atomic mass is 10.3. The molecule has 0 unspecified atom stereocenters. The van der Waals surface area contributed by atoms with Gasteiger partial charge in [-0.1, -0.05) is 13.3 Å². The van der Waals surface area contributed by atoms with Crippen LogP contribution in [0.3, 0.4) is 0 Å². The fourth-order valence-corrected chi connectivity index (χ4v) is 2.11. The second-order valence-corrected chi connectivity index (χ2v) is 4.09. The Morgan fingerprint density at radius 1 is 1.36 bits per heavy atom. The zero-order valence-electron chi connectivity index (χ0n) is 8.02. The molecule has 1 nitrogen and oxygen atoms in total. The van der Waals surface area contributed by atoms with Crippen molar-refractivity contribution in [3.63, 3.8) is 0 Å². The van der Waals surface area contributed by atoms with E-state index in [1.807, 2.05) is 6.92 Å². The van der Waals surface area contributed by atoms with Crippen molar-refractivity contribution in [1.82, 2.24) is 0 Å². The van der Waals surface area contributed by atoms with Gasteiger partial charge in [0.05, 0.1) is 4.90 Å². The first-order valence-corrected chi connectivity index (χ1v) is 5.51. The molecule has 0 amide bonds. The maximum absolute atomic E-state index is 13.2. The summed E-state index contributed by atoms with van der Waals surface area (Å²) in [6.45, 7) is 2.05. The number of hydrogen-bond acceptors (Lipinski definition) is 2. The Balaban J connectivity index is 2.79. The molecule has 0 atom stereocenters. The summed E-state index contributed by atoms with van der Waals surface area (Å²) in [6, 6.07) is 2.45. The zero-order valence-corrected chi connectivity index (χ0v) is 8.83. The van der Waals surface area contributed by atoms with E-state index in [0.717, 1.165) is 24.7 Å². The quantitative estimate of drug-likeness (QED) is 0.475. The standard InChI is InChI=1S/C10H13F2NS/c1-2-3-6-14-10-8(13)5-4-7(11)9(10)12/h4-5H,2-3,6,13H2,1H3. The van der Waals surface area contributed by atoms with Gasteiger partial charge in [0.15, 0.2) is 11.6 Å². The number of nitrogens with two attached hydrogens (primary N) is 1. The molecule has 78 valence electrons. The second-order valence-electron chi connectivity index (χ2n) is 2.98. The SMILES string of the molecule is CCCCSc1c(N)ccc(F)c1F. The predicted octanol–water partition coefficient (Wildman–Crippen LogP) is 3.44. The van der Waals surface area contributed by atoms with Crippen LogP contribution >= 0.6 is 11.8 Å². The highest BCUT2D eigenvalue weighted by Gasteiger charge is 2.11. The van der Waals surface area contributed by atoms with Gasteiger partial charge >= 0.3 is 0 Å². The molecule has 1 aromatic rings. The topological polar surface area (TPSA) is 26.0 Å². The van der Waals surface area contributed by atoms with Crippen LogP contribution in [-0.2, 0) is 0 Å². The molecule has 14 heavy (non-hydrogen) atoms. The van der Waals surface area contributed by atoms with Gasteiger partial charge in [-0.3, -0.25) is 0 Å². The van der Waals surface area contributed by atoms with Gasteiger partial charge in [-0.25, -0.2) is 8.78 Å². The third-order valence-electron chi connectivity index (χ3n) is 1.82. The van der Waals surface area contributed by atoms with Gasteiger partial charge in [-0.05, 0) is 24.3 Å². The van der Waals surface area contributed by atoms with Crippen molar-refractivity contribution in [1.29, 1.82) is 0 Å². The Kier molecular flexibility index (Phi) is 4.20. The molecule has 0 saturated heterocycles. The van der Waals surface area contributed by atoms with Crippen molar-refractivity contribution in [3.05, 3.63) is 23.8 Å². The third-order valence-corrected chi connectivity index (χ3v) is 3.02. The summed E-state index contributed by atoms with van der Waals surface area (Å²) in [5.41, 5.74) is 5.86. The number of rotatable bonds is 4. The van der Waals surface area contributed by atoms with Crippen LogP contribution in [0.4, 0.5) is 14.5 Å². The summed E-state index contributed by atoms with van der Waals surface area (Å²) >= 11 is 1.27. The van der Waals surface area contributed by atoms with E-state index in [0.29, 0.717) is 5.69 Å². The van der Waals surface area contributed by atoms with Crippen molar-refractivity contribution in [3.8, 4) is 0 Å². The summed E-state index contributed by atoms with van der Waals surface area (Å²) in [5, 5.41) is 0. The molecule has 2 N–H and O–H groups in total. The number of hydrogen-bond donors (Lipinski definition) is 1. The molecule has 0 aromatic heterocycles. The maximum atomic E-state index is 13.2. The number of thioether (sulfide) groups is 1. The second kappa shape index (κ2) is 5.20. The molecule has 0 bridgehead atoms. The number of anilines is 1. The van der Waals surface area contributed by atoms with Crippen molar-refractivity contribution in [2.75, 3.05) is 11.5 Å². The Morgan fingerprint density at radius 3 is 2.71 bits per heavy atom. The van der Waals surface area contributed by atoms with Gasteiger partial charge in [0.2, 0.25) is 0 Å². The average Bonchev–Trinajstić information content (AvgIpc) is 2.18. The summed E-state index contributed by atoms with van der Waals surface area (Å²) < 4.78 is 26.0. The molecular weight excluding hydrogens is 204 g/mol. The van der Waals surface area contributed by atoms with Gasteiger partial charge < -0.3 is 5.73 Å². The molecule has 0 saturated carbocycles. The highest BCUT2D eigenvalue weighted by Crippen LogP contribution is 2.30. The molecule has 1 aromatic carbocycles. The van der Waals surface area contributed by atoms with E-state index in [-0.39, 0.29) is 4.90 Å². The molecule has 0 aliphatic heterocycles. The van der Waals surface area contributed by atoms with Crippen molar-refractivity contribution in [2.45, 2.75) is 24.7 Å². The molecule has 0 spiro atoms. The maximum Gasteiger partial charge on any atom is 0.174 e. The Bertz CT molecular complexity index is 315. The average molecular weight is 217 g/mol. The number of halogens is 2. The fraction of sp³-hybridized carbons (Fsp3) is 0.400. The van der Waals surface area contributed by atoms with Gasteiger partial charge in [0, 0.05) is 5.69 Å². The summed E-state index contributed by atoms with van der Waals surface area (Å²) in [6.07, 6.45) is 2.00. The van der Waals surface area contributed by atoms with Crippen molar-refractivity contribution >= 4 is 17.4 Å². The van der Waals surface area contributed by atoms with Crippen LogP contribution in [0.15, 0.2) is 17.0 Å². The van der Waals surface area contributed by atoms with Crippen LogP contribution in [0.1, 0.15) is 19.8 Å². The number of benzene rings is 1. The summed E-state index contributed by atoms with van der Waals surface area (Å²) in [7, 11) is 0. The minimum absolute atomic E-state index is 0.235. The highest BCUT2D eigenvalue weighted by atomic mass is 32.2. The molecular formula is C10H13F2NS. The van der Waals surface area contributed by atoms with Crippen molar-refractivity contribution in [2.24, 2.45) is 0 Å². The Hall–Kier alpha value is -0.770. The van der Waals surface area contributed by atoms with Gasteiger partial charge in [0.25, 0.3) is 0 Å². The lowest BCUT2D eigenvalue weighted by Gasteiger charge is -2.06. The van der Waals surface area contributed by atoms with Crippen LogP contribution in [0.25, 0.3) is 0 Å². The van der Waals surface area contributed by atoms with Crippen LogP contribution < -0.4 is 5.73 Å². The van der Waals surface area contributed by atoms with E-state index in [4.69, 9.17) is 5.73 Å². The predicted molar refractivity (Wildman–Crippen MR) is 56.4 cm³/mol. The molecule has 0 aliphatic rings. The molecule has 0 aliphatic carbocycles. The molecule has 0 heterocycles. The minimum Gasteiger partial charge on any atom is -0.398 e. The lowest BCUT2D eigenvalue weighted by molar-refractivity contribution is 0.492. The van der Waals surface area contributed by atoms with E-state index in [2.05, 4.69) is 0 Å². The van der Waals surface area contributed by atoms with E-state index in [1.54, 1.807) is 0 Å². The number of unbranched alkanes of at least 4 members (excludes halogenated alkanes) is 1. The first kappa shape index (κ1) is 11.3. The number of nitrogen functional groups attached to an aromatic ring is 1. The monoisotopic (exact) mass is 217 g/mol. The van der Waals surface area contributed by atoms with E-state index in [1.165, 1.54) is 17.8 Å². The molecule has 4 heteroatoms.